The van der Waals surface area contributed by atoms with E-state index >= 15 is 0 Å². The molecule has 0 saturated carbocycles. The summed E-state index contributed by atoms with van der Waals surface area (Å²) in [5, 5.41) is 9.97. The number of phenols is 1. The predicted molar refractivity (Wildman–Crippen MR) is 95.5 cm³/mol. The molecule has 2 rings (SSSR count). The van der Waals surface area contributed by atoms with Crippen LogP contribution in [0.3, 0.4) is 0 Å². The van der Waals surface area contributed by atoms with Gasteiger partial charge >= 0.3 is 5.97 Å². The minimum absolute atomic E-state index is 0.0440. The van der Waals surface area contributed by atoms with Gasteiger partial charge in [0.25, 0.3) is 0 Å². The first-order valence-electron chi connectivity index (χ1n) is 6.90. The molecule has 0 saturated heterocycles. The molecule has 2 aromatic rings. The van der Waals surface area contributed by atoms with Crippen molar-refractivity contribution in [1.82, 2.24) is 0 Å². The Hall–Kier alpha value is -1.32. The van der Waals surface area contributed by atoms with Crippen molar-refractivity contribution in [1.29, 1.82) is 0 Å². The van der Waals surface area contributed by atoms with Gasteiger partial charge in [0.05, 0.1) is 21.6 Å². The number of hydrogen-bond acceptors (Lipinski definition) is 7. The second kappa shape index (κ2) is 8.37. The highest BCUT2D eigenvalue weighted by Crippen LogP contribution is 2.36. The van der Waals surface area contributed by atoms with Crippen molar-refractivity contribution in [3.63, 3.8) is 0 Å². The number of esters is 1. The fourth-order valence-corrected chi connectivity index (χ4v) is 5.55. The van der Waals surface area contributed by atoms with Gasteiger partial charge in [-0.2, -0.15) is 0 Å². The Balaban J connectivity index is 2.17. The number of aromatic hydroxyl groups is 1. The molecule has 0 aliphatic carbocycles. The van der Waals surface area contributed by atoms with E-state index in [1.807, 2.05) is 0 Å². The van der Waals surface area contributed by atoms with Crippen LogP contribution in [0.2, 0.25) is 8.67 Å². The molecule has 1 aromatic carbocycles. The van der Waals surface area contributed by atoms with Gasteiger partial charge in [0, 0.05) is 7.11 Å². The van der Waals surface area contributed by atoms with Crippen LogP contribution in [0.25, 0.3) is 0 Å². The van der Waals surface area contributed by atoms with Crippen LogP contribution in [-0.2, 0) is 25.1 Å². The summed E-state index contributed by atoms with van der Waals surface area (Å²) in [5.41, 5.74) is 0.234. The van der Waals surface area contributed by atoms with Crippen LogP contribution in [0, 0.1) is 0 Å². The molecule has 25 heavy (non-hydrogen) atoms. The van der Waals surface area contributed by atoms with Crippen molar-refractivity contribution >= 4 is 50.3 Å². The molecule has 0 aliphatic heterocycles. The summed E-state index contributed by atoms with van der Waals surface area (Å²) >= 11 is 12.6. The maximum absolute atomic E-state index is 12.4. The van der Waals surface area contributed by atoms with Crippen LogP contribution in [0.5, 0.6) is 5.75 Å². The Bertz CT molecular complexity index is 876. The minimum Gasteiger partial charge on any atom is -0.507 e. The van der Waals surface area contributed by atoms with Crippen molar-refractivity contribution in [3.8, 4) is 5.75 Å². The molecule has 136 valence electrons. The zero-order valence-corrected chi connectivity index (χ0v) is 16.1. The van der Waals surface area contributed by atoms with Crippen LogP contribution < -0.4 is 0 Å². The molecular formula is C15H14Cl2O6S2. The molecule has 0 spiro atoms. The molecule has 10 heteroatoms. The van der Waals surface area contributed by atoms with Gasteiger partial charge in [-0.3, -0.25) is 0 Å². The molecule has 0 unspecified atom stereocenters. The molecular weight excluding hydrogens is 411 g/mol. The highest BCUT2D eigenvalue weighted by atomic mass is 35.5. The molecule has 1 aromatic heterocycles. The fraction of sp³-hybridized carbons (Fsp3) is 0.267. The van der Waals surface area contributed by atoms with Crippen LogP contribution in [0.4, 0.5) is 0 Å². The van der Waals surface area contributed by atoms with Crippen LogP contribution in [0.1, 0.15) is 15.9 Å². The zero-order valence-electron chi connectivity index (χ0n) is 13.0. The topological polar surface area (TPSA) is 89.9 Å². The van der Waals surface area contributed by atoms with E-state index in [9.17, 15) is 18.3 Å². The molecule has 0 atom stereocenters. The number of thiophene rings is 1. The third-order valence-corrected chi connectivity index (χ3v) is 6.55. The minimum atomic E-state index is -3.74. The first-order valence-corrected chi connectivity index (χ1v) is 10.1. The Morgan fingerprint density at radius 3 is 2.52 bits per heavy atom. The monoisotopic (exact) mass is 424 g/mol. The smallest absolute Gasteiger partial charge is 0.341 e. The molecule has 0 bridgehead atoms. The number of methoxy groups -OCH3 is 1. The van der Waals surface area contributed by atoms with E-state index in [-0.39, 0.29) is 38.1 Å². The number of ether oxygens (including phenoxy) is 2. The lowest BCUT2D eigenvalue weighted by atomic mass is 10.1. The fourth-order valence-electron chi connectivity index (χ4n) is 1.97. The van der Waals surface area contributed by atoms with E-state index in [0.717, 1.165) is 11.3 Å². The quantitative estimate of drug-likeness (QED) is 0.539. The highest BCUT2D eigenvalue weighted by molar-refractivity contribution is 7.91. The van der Waals surface area contributed by atoms with Gasteiger partial charge in [-0.05, 0) is 23.8 Å². The molecule has 0 fully saturated rings. The molecule has 1 heterocycles. The average molecular weight is 425 g/mol. The van der Waals surface area contributed by atoms with Gasteiger partial charge in [0.2, 0.25) is 0 Å². The van der Waals surface area contributed by atoms with Crippen LogP contribution in [-0.4, -0.2) is 39.8 Å². The van der Waals surface area contributed by atoms with Crippen molar-refractivity contribution in [3.05, 3.63) is 44.1 Å². The number of sulfone groups is 1. The third-order valence-electron chi connectivity index (χ3n) is 3.12. The Morgan fingerprint density at radius 2 is 1.96 bits per heavy atom. The second-order valence-corrected chi connectivity index (χ2v) is 9.17. The Morgan fingerprint density at radius 1 is 1.24 bits per heavy atom. The molecule has 1 N–H and O–H groups in total. The van der Waals surface area contributed by atoms with Gasteiger partial charge < -0.3 is 14.6 Å². The van der Waals surface area contributed by atoms with Crippen LogP contribution in [0.15, 0.2) is 29.2 Å². The Labute approximate surface area is 158 Å². The van der Waals surface area contributed by atoms with Crippen molar-refractivity contribution in [2.75, 3.05) is 20.3 Å². The predicted octanol–water partition coefficient (Wildman–Crippen LogP) is 3.54. The summed E-state index contributed by atoms with van der Waals surface area (Å²) in [6.45, 7) is 0.273. The number of hydrogen-bond donors (Lipinski definition) is 1. The zero-order chi connectivity index (χ0) is 18.6. The lowest BCUT2D eigenvalue weighted by molar-refractivity contribution is 0.0385. The summed E-state index contributed by atoms with van der Waals surface area (Å²) in [6, 6.07) is 5.21. The number of phenolic OH excluding ortho intramolecular Hbond substituents is 1. The Kier molecular flexibility index (Phi) is 6.70. The largest absolute Gasteiger partial charge is 0.507 e. The van der Waals surface area contributed by atoms with Gasteiger partial charge in [0.15, 0.2) is 9.84 Å². The molecule has 0 radical (unpaired) electrons. The first-order chi connectivity index (χ1) is 11.7. The van der Waals surface area contributed by atoms with E-state index in [1.54, 1.807) is 0 Å². The third kappa shape index (κ3) is 5.08. The standard InChI is InChI=1S/C15H14Cl2O6S2/c1-22-4-5-23-15(19)10-3-2-9(6-11(10)18)8-25(20,21)12-7-13(16)24-14(12)17/h2-3,6-7,18H,4-5,8H2,1H3. The van der Waals surface area contributed by atoms with Crippen molar-refractivity contribution in [2.45, 2.75) is 10.6 Å². The molecule has 0 aliphatic rings. The van der Waals surface area contributed by atoms with Gasteiger partial charge in [-0.1, -0.05) is 29.3 Å². The van der Waals surface area contributed by atoms with E-state index in [4.69, 9.17) is 32.7 Å². The summed E-state index contributed by atoms with van der Waals surface area (Å²) in [7, 11) is -2.27. The van der Waals surface area contributed by atoms with E-state index in [2.05, 4.69) is 0 Å². The first kappa shape index (κ1) is 20.0. The van der Waals surface area contributed by atoms with Gasteiger partial charge in [-0.15, -0.1) is 11.3 Å². The summed E-state index contributed by atoms with van der Waals surface area (Å²) in [6.07, 6.45) is 0. The number of benzene rings is 1. The molecule has 0 amide bonds. The van der Waals surface area contributed by atoms with Crippen molar-refractivity contribution in [2.24, 2.45) is 0 Å². The average Bonchev–Trinajstić information content (AvgIpc) is 2.86. The van der Waals surface area contributed by atoms with E-state index in [1.165, 1.54) is 31.4 Å². The van der Waals surface area contributed by atoms with E-state index in [0.29, 0.717) is 5.56 Å². The number of rotatable bonds is 7. The lowest BCUT2D eigenvalue weighted by Crippen LogP contribution is -2.10. The lowest BCUT2D eigenvalue weighted by Gasteiger charge is -2.08. The highest BCUT2D eigenvalue weighted by Gasteiger charge is 2.23. The molecule has 6 nitrogen and oxygen atoms in total. The maximum Gasteiger partial charge on any atom is 0.341 e. The van der Waals surface area contributed by atoms with Gasteiger partial charge in [0.1, 0.15) is 22.3 Å². The summed E-state index contributed by atoms with van der Waals surface area (Å²) in [4.78, 5) is 11.8. The number of carbonyl (C=O) groups excluding carboxylic acids is 1. The number of halogens is 2. The maximum atomic E-state index is 12.4. The summed E-state index contributed by atoms with van der Waals surface area (Å²) < 4.78 is 34.8. The van der Waals surface area contributed by atoms with Gasteiger partial charge in [-0.25, -0.2) is 13.2 Å². The SMILES string of the molecule is COCCOC(=O)c1ccc(CS(=O)(=O)c2cc(Cl)sc2Cl)cc1O. The van der Waals surface area contributed by atoms with Crippen LogP contribution >= 0.6 is 34.5 Å². The normalized spacial score (nSPS) is 11.5. The number of carbonyl (C=O) groups is 1. The van der Waals surface area contributed by atoms with Crippen molar-refractivity contribution < 1.29 is 27.8 Å². The van der Waals surface area contributed by atoms with E-state index < -0.39 is 21.6 Å². The second-order valence-electron chi connectivity index (χ2n) is 4.93. The summed E-state index contributed by atoms with van der Waals surface area (Å²) in [5.74, 6) is -1.49.